The quantitative estimate of drug-likeness (QED) is 0.597. The Hall–Kier alpha value is -3.60. The van der Waals surface area contributed by atoms with Crippen molar-refractivity contribution in [1.82, 2.24) is 5.32 Å². The molecule has 3 aromatic carbocycles. The molecule has 2 bridgehead atoms. The van der Waals surface area contributed by atoms with Gasteiger partial charge in [0.05, 0.1) is 18.6 Å². The van der Waals surface area contributed by atoms with Gasteiger partial charge < -0.3 is 14.8 Å². The minimum absolute atomic E-state index is 0.147. The molecule has 0 aliphatic heterocycles. The number of carbonyl (C=O) groups excluding carboxylic acids is 2. The monoisotopic (exact) mass is 427 g/mol. The molecular formula is C27H25NO4. The van der Waals surface area contributed by atoms with Crippen LogP contribution in [0.15, 0.2) is 78.9 Å². The van der Waals surface area contributed by atoms with Crippen LogP contribution < -0.4 is 5.32 Å². The van der Waals surface area contributed by atoms with E-state index in [4.69, 9.17) is 9.47 Å². The summed E-state index contributed by atoms with van der Waals surface area (Å²) in [5.41, 5.74) is 5.45. The number of benzene rings is 3. The smallest absolute Gasteiger partial charge is 0.407 e. The Morgan fingerprint density at radius 2 is 1.28 bits per heavy atom. The molecule has 0 unspecified atom stereocenters. The maximum atomic E-state index is 13.2. The van der Waals surface area contributed by atoms with E-state index in [9.17, 15) is 9.59 Å². The minimum Gasteiger partial charge on any atom is -0.466 e. The number of carbonyl (C=O) groups is 2. The molecule has 1 N–H and O–H groups in total. The van der Waals surface area contributed by atoms with Crippen LogP contribution in [0.1, 0.15) is 46.6 Å². The zero-order chi connectivity index (χ0) is 22.1. The molecule has 2 atom stereocenters. The molecule has 0 saturated carbocycles. The maximum absolute atomic E-state index is 13.2. The summed E-state index contributed by atoms with van der Waals surface area (Å²) in [4.78, 5) is 26.0. The Bertz CT molecular complexity index is 1100. The van der Waals surface area contributed by atoms with Gasteiger partial charge in [-0.1, -0.05) is 78.9 Å². The highest BCUT2D eigenvalue weighted by molar-refractivity contribution is 5.81. The van der Waals surface area contributed by atoms with Gasteiger partial charge in [0.1, 0.15) is 6.61 Å². The molecule has 1 amide bonds. The van der Waals surface area contributed by atoms with Crippen molar-refractivity contribution in [3.8, 4) is 0 Å². The third-order valence-corrected chi connectivity index (χ3v) is 6.49. The zero-order valence-electron chi connectivity index (χ0n) is 17.9. The number of hydrogen-bond acceptors (Lipinski definition) is 4. The van der Waals surface area contributed by atoms with Crippen molar-refractivity contribution in [2.45, 2.75) is 31.4 Å². The topological polar surface area (TPSA) is 64.6 Å². The van der Waals surface area contributed by atoms with Crippen LogP contribution in [0.4, 0.5) is 4.79 Å². The van der Waals surface area contributed by atoms with E-state index in [0.717, 1.165) is 27.8 Å². The number of nitrogens with one attached hydrogen (secondary N) is 1. The van der Waals surface area contributed by atoms with Gasteiger partial charge in [0, 0.05) is 11.8 Å². The average molecular weight is 428 g/mol. The van der Waals surface area contributed by atoms with Crippen LogP contribution in [0.5, 0.6) is 0 Å². The molecule has 6 rings (SSSR count). The van der Waals surface area contributed by atoms with Gasteiger partial charge in [-0.25, -0.2) is 4.79 Å². The Labute approximate surface area is 187 Å². The van der Waals surface area contributed by atoms with Crippen LogP contribution in [-0.4, -0.2) is 24.7 Å². The Kier molecular flexibility index (Phi) is 5.39. The predicted molar refractivity (Wildman–Crippen MR) is 120 cm³/mol. The van der Waals surface area contributed by atoms with Gasteiger partial charge in [-0.05, 0) is 34.7 Å². The molecule has 0 heterocycles. The minimum atomic E-state index is -0.532. The number of rotatable bonds is 5. The van der Waals surface area contributed by atoms with Gasteiger partial charge in [0.15, 0.2) is 0 Å². The molecular weight excluding hydrogens is 402 g/mol. The highest BCUT2D eigenvalue weighted by atomic mass is 16.5. The summed E-state index contributed by atoms with van der Waals surface area (Å²) in [5.74, 6) is -1.13. The molecule has 0 fully saturated rings. The van der Waals surface area contributed by atoms with E-state index in [1.54, 1.807) is 6.92 Å². The fourth-order valence-electron chi connectivity index (χ4n) is 5.27. The lowest BCUT2D eigenvalue weighted by atomic mass is 9.56. The highest BCUT2D eigenvalue weighted by Crippen LogP contribution is 2.55. The molecule has 0 aromatic heterocycles. The second kappa shape index (κ2) is 8.50. The van der Waals surface area contributed by atoms with Crippen molar-refractivity contribution in [1.29, 1.82) is 0 Å². The second-order valence-corrected chi connectivity index (χ2v) is 8.22. The lowest BCUT2D eigenvalue weighted by Gasteiger charge is -2.49. The molecule has 0 spiro atoms. The first-order valence-corrected chi connectivity index (χ1v) is 11.0. The van der Waals surface area contributed by atoms with Gasteiger partial charge >= 0.3 is 12.1 Å². The lowest BCUT2D eigenvalue weighted by Crippen LogP contribution is -2.55. The van der Waals surface area contributed by atoms with Crippen molar-refractivity contribution in [2.75, 3.05) is 6.61 Å². The summed E-state index contributed by atoms with van der Waals surface area (Å²) < 4.78 is 11.0. The average Bonchev–Trinajstić information content (AvgIpc) is 2.83. The summed E-state index contributed by atoms with van der Waals surface area (Å²) in [6, 6.07) is 25.4. The molecule has 162 valence electrons. The van der Waals surface area contributed by atoms with Gasteiger partial charge in [-0.2, -0.15) is 0 Å². The molecule has 3 aromatic rings. The number of ether oxygens (including phenoxy) is 2. The van der Waals surface area contributed by atoms with E-state index in [0.29, 0.717) is 6.61 Å². The highest BCUT2D eigenvalue weighted by Gasteiger charge is 2.53. The number of hydrogen-bond donors (Lipinski definition) is 1. The van der Waals surface area contributed by atoms with Crippen LogP contribution in [0.2, 0.25) is 0 Å². The molecule has 5 heteroatoms. The summed E-state index contributed by atoms with van der Waals surface area (Å²) in [7, 11) is 0. The first-order valence-electron chi connectivity index (χ1n) is 11.0. The molecule has 0 saturated heterocycles. The van der Waals surface area contributed by atoms with Crippen molar-refractivity contribution in [3.05, 3.63) is 107 Å². The van der Waals surface area contributed by atoms with Gasteiger partial charge in [-0.3, -0.25) is 4.79 Å². The Balaban J connectivity index is 1.50. The van der Waals surface area contributed by atoms with Gasteiger partial charge in [0.2, 0.25) is 0 Å². The third-order valence-electron chi connectivity index (χ3n) is 6.49. The molecule has 3 aliphatic rings. The van der Waals surface area contributed by atoms with Crippen molar-refractivity contribution in [2.24, 2.45) is 5.92 Å². The number of amides is 1. The molecule has 5 nitrogen and oxygen atoms in total. The van der Waals surface area contributed by atoms with Crippen LogP contribution in [0.25, 0.3) is 0 Å². The van der Waals surface area contributed by atoms with Crippen LogP contribution >= 0.6 is 0 Å². The first-order chi connectivity index (χ1) is 15.7. The van der Waals surface area contributed by atoms with E-state index < -0.39 is 18.1 Å². The van der Waals surface area contributed by atoms with Gasteiger partial charge in [0.25, 0.3) is 0 Å². The summed E-state index contributed by atoms with van der Waals surface area (Å²) in [5, 5.41) is 3.03. The lowest BCUT2D eigenvalue weighted by molar-refractivity contribution is -0.150. The number of fused-ring (bicyclic) bond motifs is 1. The fourth-order valence-corrected chi connectivity index (χ4v) is 5.27. The Morgan fingerprint density at radius 3 is 1.84 bits per heavy atom. The van der Waals surface area contributed by atoms with Crippen LogP contribution in [0, 0.1) is 5.92 Å². The predicted octanol–water partition coefficient (Wildman–Crippen LogP) is 4.75. The van der Waals surface area contributed by atoms with Crippen LogP contribution in [0.3, 0.4) is 0 Å². The summed E-state index contributed by atoms with van der Waals surface area (Å²) >= 11 is 0. The zero-order valence-corrected chi connectivity index (χ0v) is 17.9. The first kappa shape index (κ1) is 20.3. The molecule has 32 heavy (non-hydrogen) atoms. The fraction of sp³-hybridized carbons (Fsp3) is 0.259. The van der Waals surface area contributed by atoms with Crippen LogP contribution in [-0.2, 0) is 20.9 Å². The number of alkyl carbamates (subject to hydrolysis) is 1. The van der Waals surface area contributed by atoms with E-state index >= 15 is 0 Å². The summed E-state index contributed by atoms with van der Waals surface area (Å²) in [6.45, 7) is 2.27. The van der Waals surface area contributed by atoms with E-state index in [1.165, 1.54) is 0 Å². The molecule has 0 radical (unpaired) electrons. The third kappa shape index (κ3) is 3.44. The van der Waals surface area contributed by atoms with Gasteiger partial charge in [-0.15, -0.1) is 0 Å². The van der Waals surface area contributed by atoms with Crippen molar-refractivity contribution >= 4 is 12.1 Å². The largest absolute Gasteiger partial charge is 0.466 e. The number of esters is 1. The van der Waals surface area contributed by atoms with E-state index in [1.807, 2.05) is 54.6 Å². The van der Waals surface area contributed by atoms with Crippen molar-refractivity contribution in [3.63, 3.8) is 0 Å². The maximum Gasteiger partial charge on any atom is 0.407 e. The molecule has 3 aliphatic carbocycles. The SMILES string of the molecule is CCOC(=O)[C@H]1[C@H]2c3ccccc3[C@@H](c3ccccc32)[C@@H]1NC(=O)OCc1ccccc1. The van der Waals surface area contributed by atoms with Crippen molar-refractivity contribution < 1.29 is 19.1 Å². The second-order valence-electron chi connectivity index (χ2n) is 8.22. The normalized spacial score (nSPS) is 22.4. The van der Waals surface area contributed by atoms with E-state index in [-0.39, 0.29) is 24.4 Å². The summed E-state index contributed by atoms with van der Waals surface area (Å²) in [6.07, 6.45) is -0.532. The standard InChI is InChI=1S/C27H25NO4/c1-2-31-26(29)24-22-18-12-6-8-14-20(18)23(21-15-9-7-13-19(21)22)25(24)28-27(30)32-16-17-10-4-3-5-11-17/h3-15,22-25H,2,16H2,1H3,(H,28,30)/t22-,23-,24-,25-/m0/s1. The van der Waals surface area contributed by atoms with E-state index in [2.05, 4.69) is 29.6 Å². The Morgan fingerprint density at radius 1 is 0.750 bits per heavy atom.